The topological polar surface area (TPSA) is 46.2 Å². The predicted molar refractivity (Wildman–Crippen MR) is 54.6 cm³/mol. The molecule has 0 aliphatic heterocycles. The predicted octanol–water partition coefficient (Wildman–Crippen LogP) is 2.06. The molecule has 0 aliphatic carbocycles. The molecular weight excluding hydrogens is 181 g/mol. The molecule has 3 heteroatoms. The number of hydrogen-bond acceptors (Lipinski definition) is 2. The zero-order valence-corrected chi connectivity index (χ0v) is 8.55. The lowest BCUT2D eigenvalue weighted by Crippen LogP contribution is -2.26. The van der Waals surface area contributed by atoms with Gasteiger partial charge in [-0.1, -0.05) is 19.9 Å². The molecule has 0 saturated heterocycles. The molecule has 0 aromatic heterocycles. The second-order valence-electron chi connectivity index (χ2n) is 4.32. The average Bonchev–Trinajstić information content (AvgIpc) is 2.10. The Bertz CT molecular complexity index is 323. The van der Waals surface area contributed by atoms with Crippen LogP contribution in [0.4, 0.5) is 4.39 Å². The number of halogens is 1. The first-order valence-corrected chi connectivity index (χ1v) is 4.62. The molecule has 0 atom stereocenters. The van der Waals surface area contributed by atoms with E-state index in [1.54, 1.807) is 6.07 Å². The Morgan fingerprint density at radius 2 is 2.07 bits per heavy atom. The summed E-state index contributed by atoms with van der Waals surface area (Å²) in [7, 11) is 0. The summed E-state index contributed by atoms with van der Waals surface area (Å²) in [5.41, 5.74) is 6.04. The van der Waals surface area contributed by atoms with E-state index in [0.29, 0.717) is 18.5 Å². The van der Waals surface area contributed by atoms with E-state index in [1.807, 2.05) is 13.8 Å². The fourth-order valence-electron chi connectivity index (χ4n) is 1.27. The van der Waals surface area contributed by atoms with Gasteiger partial charge in [-0.05, 0) is 30.0 Å². The number of phenols is 1. The molecule has 0 radical (unpaired) electrons. The van der Waals surface area contributed by atoms with Crippen LogP contribution in [0.25, 0.3) is 0 Å². The highest BCUT2D eigenvalue weighted by atomic mass is 19.1. The van der Waals surface area contributed by atoms with Gasteiger partial charge in [-0.2, -0.15) is 0 Å². The minimum absolute atomic E-state index is 0.0446. The summed E-state index contributed by atoms with van der Waals surface area (Å²) in [5.74, 6) is -0.414. The van der Waals surface area contributed by atoms with Gasteiger partial charge in [0.2, 0.25) is 0 Å². The second kappa shape index (κ2) is 3.96. The number of rotatable bonds is 3. The molecular formula is C11H16FNO. The summed E-state index contributed by atoms with van der Waals surface area (Å²) in [4.78, 5) is 0. The number of phenolic OH excluding ortho intramolecular Hbond substituents is 1. The zero-order valence-electron chi connectivity index (χ0n) is 8.55. The van der Waals surface area contributed by atoms with Gasteiger partial charge in [0.1, 0.15) is 11.6 Å². The van der Waals surface area contributed by atoms with Gasteiger partial charge in [0.05, 0.1) is 0 Å². The van der Waals surface area contributed by atoms with Crippen LogP contribution >= 0.6 is 0 Å². The summed E-state index contributed by atoms with van der Waals surface area (Å²) in [5, 5.41) is 9.03. The molecule has 0 bridgehead atoms. The van der Waals surface area contributed by atoms with E-state index >= 15 is 0 Å². The van der Waals surface area contributed by atoms with Crippen LogP contribution in [0.5, 0.6) is 5.75 Å². The molecule has 1 aromatic rings. The van der Waals surface area contributed by atoms with Gasteiger partial charge < -0.3 is 10.8 Å². The number of benzene rings is 1. The summed E-state index contributed by atoms with van der Waals surface area (Å²) >= 11 is 0. The van der Waals surface area contributed by atoms with Crippen LogP contribution in [-0.4, -0.2) is 11.7 Å². The summed E-state index contributed by atoms with van der Waals surface area (Å²) in [6.45, 7) is 4.48. The van der Waals surface area contributed by atoms with Gasteiger partial charge in [0, 0.05) is 6.07 Å². The molecule has 2 nitrogen and oxygen atoms in total. The Balaban J connectivity index is 2.87. The highest BCUT2D eigenvalue weighted by Gasteiger charge is 2.18. The fraction of sp³-hybridized carbons (Fsp3) is 0.455. The normalized spacial score (nSPS) is 11.7. The number of nitrogens with two attached hydrogens (primary N) is 1. The first-order chi connectivity index (χ1) is 6.44. The number of hydrogen-bond donors (Lipinski definition) is 2. The van der Waals surface area contributed by atoms with Gasteiger partial charge in [0.25, 0.3) is 0 Å². The number of aromatic hydroxyl groups is 1. The minimum atomic E-state index is -0.369. The van der Waals surface area contributed by atoms with Crippen molar-refractivity contribution in [3.05, 3.63) is 29.6 Å². The lowest BCUT2D eigenvalue weighted by molar-refractivity contribution is 0.369. The van der Waals surface area contributed by atoms with E-state index in [9.17, 15) is 4.39 Å². The smallest absolute Gasteiger partial charge is 0.130 e. The van der Waals surface area contributed by atoms with Crippen LogP contribution in [0.2, 0.25) is 0 Å². The standard InChI is InChI=1S/C11H16FNO/c1-11(2,7-13)6-8-3-4-9(14)5-10(8)12/h3-5,14H,6-7,13H2,1-2H3. The highest BCUT2D eigenvalue weighted by molar-refractivity contribution is 5.28. The molecule has 0 saturated carbocycles. The Labute approximate surface area is 83.6 Å². The van der Waals surface area contributed by atoms with Gasteiger partial charge in [-0.15, -0.1) is 0 Å². The molecule has 0 aliphatic rings. The first kappa shape index (κ1) is 11.0. The van der Waals surface area contributed by atoms with E-state index in [2.05, 4.69) is 0 Å². The first-order valence-electron chi connectivity index (χ1n) is 4.62. The monoisotopic (exact) mass is 197 g/mol. The molecule has 78 valence electrons. The van der Waals surface area contributed by atoms with Crippen molar-refractivity contribution < 1.29 is 9.50 Å². The molecule has 0 fully saturated rings. The second-order valence-corrected chi connectivity index (χ2v) is 4.32. The van der Waals surface area contributed by atoms with E-state index in [1.165, 1.54) is 6.07 Å². The Hall–Kier alpha value is -1.09. The van der Waals surface area contributed by atoms with Gasteiger partial charge in [0.15, 0.2) is 0 Å². The Morgan fingerprint density at radius 1 is 1.43 bits per heavy atom. The van der Waals surface area contributed by atoms with Crippen LogP contribution in [0.15, 0.2) is 18.2 Å². The molecule has 0 spiro atoms. The van der Waals surface area contributed by atoms with Crippen molar-refractivity contribution >= 4 is 0 Å². The van der Waals surface area contributed by atoms with Crippen LogP contribution in [0, 0.1) is 11.2 Å². The molecule has 0 amide bonds. The largest absolute Gasteiger partial charge is 0.508 e. The third-order valence-electron chi connectivity index (χ3n) is 2.26. The summed E-state index contributed by atoms with van der Waals surface area (Å²) in [6.07, 6.45) is 0.579. The Morgan fingerprint density at radius 3 is 2.57 bits per heavy atom. The third kappa shape index (κ3) is 2.70. The molecule has 14 heavy (non-hydrogen) atoms. The minimum Gasteiger partial charge on any atom is -0.508 e. The van der Waals surface area contributed by atoms with E-state index in [-0.39, 0.29) is 17.0 Å². The van der Waals surface area contributed by atoms with E-state index in [4.69, 9.17) is 10.8 Å². The molecule has 1 aromatic carbocycles. The third-order valence-corrected chi connectivity index (χ3v) is 2.26. The average molecular weight is 197 g/mol. The molecule has 0 unspecified atom stereocenters. The van der Waals surface area contributed by atoms with Crippen molar-refractivity contribution in [3.8, 4) is 5.75 Å². The van der Waals surface area contributed by atoms with Crippen LogP contribution in [0.3, 0.4) is 0 Å². The SMILES string of the molecule is CC(C)(CN)Cc1ccc(O)cc1F. The van der Waals surface area contributed by atoms with Crippen molar-refractivity contribution in [1.82, 2.24) is 0 Å². The van der Waals surface area contributed by atoms with Crippen molar-refractivity contribution in [2.24, 2.45) is 11.1 Å². The van der Waals surface area contributed by atoms with Gasteiger partial charge in [-0.25, -0.2) is 4.39 Å². The van der Waals surface area contributed by atoms with E-state index in [0.717, 1.165) is 6.07 Å². The summed E-state index contributed by atoms with van der Waals surface area (Å²) < 4.78 is 13.3. The maximum Gasteiger partial charge on any atom is 0.130 e. The molecule has 1 rings (SSSR count). The molecule has 0 heterocycles. The van der Waals surface area contributed by atoms with Crippen LogP contribution in [0.1, 0.15) is 19.4 Å². The highest BCUT2D eigenvalue weighted by Crippen LogP contribution is 2.24. The van der Waals surface area contributed by atoms with Crippen molar-refractivity contribution in [2.45, 2.75) is 20.3 Å². The lowest BCUT2D eigenvalue weighted by atomic mass is 9.86. The van der Waals surface area contributed by atoms with Gasteiger partial charge in [-0.3, -0.25) is 0 Å². The zero-order chi connectivity index (χ0) is 10.8. The van der Waals surface area contributed by atoms with Crippen molar-refractivity contribution in [1.29, 1.82) is 0 Å². The maximum atomic E-state index is 13.3. The summed E-state index contributed by atoms with van der Waals surface area (Å²) in [6, 6.07) is 4.22. The quantitative estimate of drug-likeness (QED) is 0.779. The molecule has 3 N–H and O–H groups in total. The van der Waals surface area contributed by atoms with Crippen LogP contribution < -0.4 is 5.73 Å². The Kier molecular flexibility index (Phi) is 3.11. The van der Waals surface area contributed by atoms with Crippen molar-refractivity contribution in [3.63, 3.8) is 0 Å². The van der Waals surface area contributed by atoms with Gasteiger partial charge >= 0.3 is 0 Å². The van der Waals surface area contributed by atoms with Crippen molar-refractivity contribution in [2.75, 3.05) is 6.54 Å². The maximum absolute atomic E-state index is 13.3. The lowest BCUT2D eigenvalue weighted by Gasteiger charge is -2.22. The van der Waals surface area contributed by atoms with E-state index < -0.39 is 0 Å². The fourth-order valence-corrected chi connectivity index (χ4v) is 1.27. The van der Waals surface area contributed by atoms with Crippen LogP contribution in [-0.2, 0) is 6.42 Å².